The van der Waals surface area contributed by atoms with Crippen LogP contribution in [0.1, 0.15) is 0 Å². The Morgan fingerprint density at radius 3 is 2.67 bits per heavy atom. The number of ether oxygens (including phenoxy) is 1. The third-order valence-electron chi connectivity index (χ3n) is 2.16. The van der Waals surface area contributed by atoms with Crippen LogP contribution in [-0.4, -0.2) is 6.61 Å². The van der Waals surface area contributed by atoms with Crippen molar-refractivity contribution in [3.05, 3.63) is 36.4 Å². The van der Waals surface area contributed by atoms with E-state index in [1.54, 1.807) is 0 Å². The number of rotatable bonds is 2. The average molecular weight is 197 g/mol. The van der Waals surface area contributed by atoms with Gasteiger partial charge in [0.15, 0.2) is 0 Å². The van der Waals surface area contributed by atoms with Gasteiger partial charge < -0.3 is 10.5 Å². The van der Waals surface area contributed by atoms with Crippen molar-refractivity contribution in [2.45, 2.75) is 0 Å². The summed E-state index contributed by atoms with van der Waals surface area (Å²) in [5.74, 6) is 3.21. The van der Waals surface area contributed by atoms with Crippen LogP contribution < -0.4 is 10.5 Å². The van der Waals surface area contributed by atoms with Crippen molar-refractivity contribution in [2.24, 2.45) is 0 Å². The van der Waals surface area contributed by atoms with Crippen molar-refractivity contribution in [1.29, 1.82) is 0 Å². The van der Waals surface area contributed by atoms with Crippen LogP contribution in [0.15, 0.2) is 36.4 Å². The first-order valence-electron chi connectivity index (χ1n) is 4.65. The molecule has 0 aliphatic heterocycles. The van der Waals surface area contributed by atoms with Crippen molar-refractivity contribution in [2.75, 3.05) is 12.3 Å². The lowest BCUT2D eigenvalue weighted by Crippen LogP contribution is -1.93. The monoisotopic (exact) mass is 197 g/mol. The fourth-order valence-electron chi connectivity index (χ4n) is 1.46. The minimum absolute atomic E-state index is 0.292. The van der Waals surface area contributed by atoms with Crippen LogP contribution in [0.3, 0.4) is 0 Å². The molecule has 0 heterocycles. The van der Waals surface area contributed by atoms with Crippen LogP contribution in [0.25, 0.3) is 10.8 Å². The topological polar surface area (TPSA) is 35.2 Å². The van der Waals surface area contributed by atoms with Gasteiger partial charge in [0.2, 0.25) is 0 Å². The molecule has 0 aliphatic rings. The Labute approximate surface area is 88.7 Å². The first-order valence-corrected chi connectivity index (χ1v) is 4.65. The molecule has 0 amide bonds. The number of fused-ring (bicyclic) bond motifs is 1. The Balaban J connectivity index is 2.40. The van der Waals surface area contributed by atoms with Gasteiger partial charge in [-0.15, -0.1) is 6.42 Å². The number of terminal acetylenes is 1. The molecule has 0 radical (unpaired) electrons. The Kier molecular flexibility index (Phi) is 2.47. The SMILES string of the molecule is C#CCOc1ccc2cc(N)ccc2c1. The van der Waals surface area contributed by atoms with Crippen molar-refractivity contribution < 1.29 is 4.74 Å². The third kappa shape index (κ3) is 2.03. The molecule has 0 aliphatic carbocycles. The van der Waals surface area contributed by atoms with Gasteiger partial charge in [-0.2, -0.15) is 0 Å². The molecule has 0 aromatic heterocycles. The number of anilines is 1. The summed E-state index contributed by atoms with van der Waals surface area (Å²) in [5.41, 5.74) is 6.45. The first-order chi connectivity index (χ1) is 7.29. The highest BCUT2D eigenvalue weighted by molar-refractivity contribution is 5.86. The summed E-state index contributed by atoms with van der Waals surface area (Å²) in [7, 11) is 0. The van der Waals surface area contributed by atoms with Crippen LogP contribution in [0.2, 0.25) is 0 Å². The molecule has 0 saturated carbocycles. The molecule has 2 heteroatoms. The molecule has 2 N–H and O–H groups in total. The van der Waals surface area contributed by atoms with Gasteiger partial charge in [0.05, 0.1) is 0 Å². The minimum atomic E-state index is 0.292. The molecule has 2 aromatic rings. The van der Waals surface area contributed by atoms with E-state index in [0.717, 1.165) is 22.2 Å². The Hall–Kier alpha value is -2.14. The molecule has 0 bridgehead atoms. The van der Waals surface area contributed by atoms with E-state index >= 15 is 0 Å². The van der Waals surface area contributed by atoms with E-state index in [0.29, 0.717) is 6.61 Å². The highest BCUT2D eigenvalue weighted by Crippen LogP contribution is 2.22. The fourth-order valence-corrected chi connectivity index (χ4v) is 1.46. The highest BCUT2D eigenvalue weighted by atomic mass is 16.5. The lowest BCUT2D eigenvalue weighted by molar-refractivity contribution is 0.371. The van der Waals surface area contributed by atoms with Crippen LogP contribution >= 0.6 is 0 Å². The predicted octanol–water partition coefficient (Wildman–Crippen LogP) is 2.43. The summed E-state index contributed by atoms with van der Waals surface area (Å²) in [6, 6.07) is 11.6. The van der Waals surface area contributed by atoms with Crippen LogP contribution in [0.4, 0.5) is 5.69 Å². The van der Waals surface area contributed by atoms with E-state index in [1.165, 1.54) is 0 Å². The van der Waals surface area contributed by atoms with Gasteiger partial charge in [-0.3, -0.25) is 0 Å². The smallest absolute Gasteiger partial charge is 0.148 e. The molecule has 15 heavy (non-hydrogen) atoms. The molecular formula is C13H11NO. The Morgan fingerprint density at radius 1 is 1.13 bits per heavy atom. The third-order valence-corrected chi connectivity index (χ3v) is 2.16. The lowest BCUT2D eigenvalue weighted by atomic mass is 10.1. The Morgan fingerprint density at radius 2 is 1.87 bits per heavy atom. The second-order valence-electron chi connectivity index (χ2n) is 3.26. The highest BCUT2D eigenvalue weighted by Gasteiger charge is 1.97. The first kappa shape index (κ1) is 9.42. The van der Waals surface area contributed by atoms with E-state index in [1.807, 2.05) is 36.4 Å². The van der Waals surface area contributed by atoms with Crippen LogP contribution in [-0.2, 0) is 0 Å². The molecule has 0 fully saturated rings. The predicted molar refractivity (Wildman–Crippen MR) is 62.7 cm³/mol. The van der Waals surface area contributed by atoms with E-state index in [9.17, 15) is 0 Å². The zero-order chi connectivity index (χ0) is 10.7. The Bertz CT molecular complexity index is 526. The van der Waals surface area contributed by atoms with E-state index in [2.05, 4.69) is 5.92 Å². The van der Waals surface area contributed by atoms with Crippen LogP contribution in [0, 0.1) is 12.3 Å². The summed E-state index contributed by atoms with van der Waals surface area (Å²) in [5, 5.41) is 2.20. The molecule has 2 rings (SSSR count). The summed E-state index contributed by atoms with van der Waals surface area (Å²) in [6.07, 6.45) is 5.12. The number of nitrogen functional groups attached to an aromatic ring is 1. The lowest BCUT2D eigenvalue weighted by Gasteiger charge is -2.04. The van der Waals surface area contributed by atoms with Crippen LogP contribution in [0.5, 0.6) is 5.75 Å². The van der Waals surface area contributed by atoms with Gasteiger partial charge in [0, 0.05) is 5.69 Å². The zero-order valence-electron chi connectivity index (χ0n) is 8.23. The van der Waals surface area contributed by atoms with Crippen molar-refractivity contribution >= 4 is 16.5 Å². The summed E-state index contributed by atoms with van der Waals surface area (Å²) in [6.45, 7) is 0.292. The summed E-state index contributed by atoms with van der Waals surface area (Å²) < 4.78 is 5.33. The number of hydrogen-bond acceptors (Lipinski definition) is 2. The number of hydrogen-bond donors (Lipinski definition) is 1. The maximum atomic E-state index is 5.68. The average Bonchev–Trinajstić information content (AvgIpc) is 2.26. The molecule has 74 valence electrons. The van der Waals surface area contributed by atoms with Crippen molar-refractivity contribution in [3.63, 3.8) is 0 Å². The van der Waals surface area contributed by atoms with Crippen molar-refractivity contribution in [3.8, 4) is 18.1 Å². The number of nitrogens with two attached hydrogens (primary N) is 1. The molecule has 0 unspecified atom stereocenters. The molecule has 0 saturated heterocycles. The quantitative estimate of drug-likeness (QED) is 0.592. The molecule has 2 aromatic carbocycles. The molecule has 0 atom stereocenters. The van der Waals surface area contributed by atoms with E-state index in [4.69, 9.17) is 16.9 Å². The summed E-state index contributed by atoms with van der Waals surface area (Å²) in [4.78, 5) is 0. The van der Waals surface area contributed by atoms with Gasteiger partial charge in [-0.1, -0.05) is 18.1 Å². The molecule has 0 spiro atoms. The maximum absolute atomic E-state index is 5.68. The fraction of sp³-hybridized carbons (Fsp3) is 0.0769. The van der Waals surface area contributed by atoms with Gasteiger partial charge in [0.25, 0.3) is 0 Å². The second-order valence-corrected chi connectivity index (χ2v) is 3.26. The van der Waals surface area contributed by atoms with Gasteiger partial charge in [-0.05, 0) is 35.0 Å². The van der Waals surface area contributed by atoms with Gasteiger partial charge >= 0.3 is 0 Å². The van der Waals surface area contributed by atoms with E-state index < -0.39 is 0 Å². The normalized spacial score (nSPS) is 9.80. The zero-order valence-corrected chi connectivity index (χ0v) is 8.23. The standard InChI is InChI=1S/C13H11NO/c1-2-7-15-13-6-4-10-8-12(14)5-3-11(10)9-13/h1,3-6,8-9H,7,14H2. The van der Waals surface area contributed by atoms with Crippen molar-refractivity contribution in [1.82, 2.24) is 0 Å². The maximum Gasteiger partial charge on any atom is 0.148 e. The van der Waals surface area contributed by atoms with Gasteiger partial charge in [0.1, 0.15) is 12.4 Å². The molecular weight excluding hydrogens is 186 g/mol. The number of benzene rings is 2. The van der Waals surface area contributed by atoms with E-state index in [-0.39, 0.29) is 0 Å². The summed E-state index contributed by atoms with van der Waals surface area (Å²) >= 11 is 0. The van der Waals surface area contributed by atoms with Gasteiger partial charge in [-0.25, -0.2) is 0 Å². The molecule has 2 nitrogen and oxygen atoms in total. The minimum Gasteiger partial charge on any atom is -0.481 e. The second kappa shape index (κ2) is 3.93. The largest absolute Gasteiger partial charge is 0.481 e.